The molecule has 162 valence electrons. The number of fused-ring (bicyclic) bond motifs is 1. The molecular weight excluding hydrogens is 396 g/mol. The van der Waals surface area contributed by atoms with Crippen LogP contribution in [0.15, 0.2) is 33.9 Å². The number of piperidine rings is 1. The molecule has 0 unspecified atom stereocenters. The number of nitrogens with zero attached hydrogens (tertiary/aromatic N) is 4. The van der Waals surface area contributed by atoms with E-state index in [4.69, 9.17) is 0 Å². The minimum Gasteiger partial charge on any atom is -0.352 e. The molecule has 9 nitrogen and oxygen atoms in total. The second-order valence-electron chi connectivity index (χ2n) is 8.02. The zero-order valence-electron chi connectivity index (χ0n) is 17.9. The van der Waals surface area contributed by atoms with Crippen LogP contribution in [0.1, 0.15) is 29.8 Å². The summed E-state index contributed by atoms with van der Waals surface area (Å²) in [6.45, 7) is 6.64. The van der Waals surface area contributed by atoms with Gasteiger partial charge in [-0.05, 0) is 39.7 Å². The van der Waals surface area contributed by atoms with Crippen LogP contribution < -0.4 is 21.3 Å². The standard InChI is InChI=1S/C22H26N6O3/c1-13-14(2)23-22(25-20(13)30)27-10-8-16(9-11-27)24-19(29)12-28-21(31)18-7-5-4-6-17(18)15(3)26-28/h4-7,16H,8-12H2,1-3H3,(H,24,29)(H,23,25,30). The van der Waals surface area contributed by atoms with E-state index in [9.17, 15) is 14.4 Å². The second kappa shape index (κ2) is 8.33. The third kappa shape index (κ3) is 4.21. The third-order valence-electron chi connectivity index (χ3n) is 5.89. The molecule has 31 heavy (non-hydrogen) atoms. The second-order valence-corrected chi connectivity index (χ2v) is 8.02. The molecule has 2 aromatic heterocycles. The van der Waals surface area contributed by atoms with Crippen molar-refractivity contribution in [3.63, 3.8) is 0 Å². The molecule has 3 heterocycles. The predicted molar refractivity (Wildman–Crippen MR) is 118 cm³/mol. The molecular formula is C22H26N6O3. The summed E-state index contributed by atoms with van der Waals surface area (Å²) < 4.78 is 1.23. The zero-order valence-corrected chi connectivity index (χ0v) is 17.9. The average molecular weight is 422 g/mol. The van der Waals surface area contributed by atoms with Crippen molar-refractivity contribution >= 4 is 22.6 Å². The number of aryl methyl sites for hydroxylation is 2. The average Bonchev–Trinajstić information content (AvgIpc) is 2.76. The Labute approximate surface area is 179 Å². The molecule has 4 rings (SSSR count). The smallest absolute Gasteiger partial charge is 0.275 e. The highest BCUT2D eigenvalue weighted by molar-refractivity contribution is 5.83. The largest absolute Gasteiger partial charge is 0.352 e. The maximum atomic E-state index is 12.7. The third-order valence-corrected chi connectivity index (χ3v) is 5.89. The molecule has 0 radical (unpaired) electrons. The minimum atomic E-state index is -0.268. The molecule has 0 aliphatic carbocycles. The Morgan fingerprint density at radius 1 is 1.10 bits per heavy atom. The molecule has 1 fully saturated rings. The summed E-state index contributed by atoms with van der Waals surface area (Å²) in [5.41, 5.74) is 1.67. The van der Waals surface area contributed by atoms with E-state index in [1.165, 1.54) is 4.68 Å². The summed E-state index contributed by atoms with van der Waals surface area (Å²) in [7, 11) is 0. The fourth-order valence-corrected chi connectivity index (χ4v) is 3.94. The predicted octanol–water partition coefficient (Wildman–Crippen LogP) is 1.19. The molecule has 0 atom stereocenters. The number of hydrogen-bond donors (Lipinski definition) is 2. The van der Waals surface area contributed by atoms with Gasteiger partial charge < -0.3 is 10.2 Å². The number of aromatic nitrogens is 4. The Balaban J connectivity index is 1.39. The Hall–Kier alpha value is -3.49. The Bertz CT molecular complexity index is 1250. The molecule has 9 heteroatoms. The van der Waals surface area contributed by atoms with Crippen LogP contribution in [0, 0.1) is 20.8 Å². The Morgan fingerprint density at radius 3 is 2.45 bits per heavy atom. The van der Waals surface area contributed by atoms with E-state index >= 15 is 0 Å². The van der Waals surface area contributed by atoms with Gasteiger partial charge in [-0.25, -0.2) is 9.67 Å². The van der Waals surface area contributed by atoms with E-state index in [-0.39, 0.29) is 29.6 Å². The number of rotatable bonds is 4. The number of carbonyl (C=O) groups is 1. The number of anilines is 1. The lowest BCUT2D eigenvalue weighted by atomic mass is 10.1. The molecule has 1 aliphatic rings. The van der Waals surface area contributed by atoms with Crippen LogP contribution in [-0.4, -0.2) is 44.8 Å². The van der Waals surface area contributed by atoms with E-state index in [1.807, 2.05) is 30.9 Å². The quantitative estimate of drug-likeness (QED) is 0.653. The topological polar surface area (TPSA) is 113 Å². The van der Waals surface area contributed by atoms with Gasteiger partial charge in [-0.1, -0.05) is 18.2 Å². The minimum absolute atomic E-state index is 0.000674. The van der Waals surface area contributed by atoms with Crippen molar-refractivity contribution in [1.29, 1.82) is 0 Å². The number of hydrogen-bond acceptors (Lipinski definition) is 6. The molecule has 0 saturated carbocycles. The van der Waals surface area contributed by atoms with Gasteiger partial charge in [0.15, 0.2) is 0 Å². The van der Waals surface area contributed by atoms with Gasteiger partial charge in [0.2, 0.25) is 11.9 Å². The van der Waals surface area contributed by atoms with Gasteiger partial charge >= 0.3 is 0 Å². The van der Waals surface area contributed by atoms with Crippen molar-refractivity contribution in [2.75, 3.05) is 18.0 Å². The van der Waals surface area contributed by atoms with E-state index in [0.717, 1.165) is 23.9 Å². The van der Waals surface area contributed by atoms with Gasteiger partial charge in [-0.15, -0.1) is 0 Å². The molecule has 1 aromatic carbocycles. The van der Waals surface area contributed by atoms with Gasteiger partial charge in [-0.2, -0.15) is 5.10 Å². The van der Waals surface area contributed by atoms with Crippen LogP contribution in [0.5, 0.6) is 0 Å². The van der Waals surface area contributed by atoms with Crippen molar-refractivity contribution < 1.29 is 4.79 Å². The molecule has 1 aliphatic heterocycles. The van der Waals surface area contributed by atoms with Crippen LogP contribution in [0.2, 0.25) is 0 Å². The van der Waals surface area contributed by atoms with E-state index in [0.29, 0.717) is 35.7 Å². The number of H-pyrrole nitrogens is 1. The summed E-state index contributed by atoms with van der Waals surface area (Å²) in [4.78, 5) is 46.6. The van der Waals surface area contributed by atoms with Crippen LogP contribution >= 0.6 is 0 Å². The lowest BCUT2D eigenvalue weighted by Gasteiger charge is -2.32. The van der Waals surface area contributed by atoms with Crippen molar-refractivity contribution in [3.8, 4) is 0 Å². The van der Waals surface area contributed by atoms with Crippen molar-refractivity contribution in [1.82, 2.24) is 25.1 Å². The van der Waals surface area contributed by atoms with Gasteiger partial charge in [0.25, 0.3) is 11.1 Å². The molecule has 0 bridgehead atoms. The monoisotopic (exact) mass is 422 g/mol. The lowest BCUT2D eigenvalue weighted by Crippen LogP contribution is -2.47. The number of nitrogens with one attached hydrogen (secondary N) is 2. The van der Waals surface area contributed by atoms with Crippen LogP contribution in [0.25, 0.3) is 10.8 Å². The number of aromatic amines is 1. The fourth-order valence-electron chi connectivity index (χ4n) is 3.94. The van der Waals surface area contributed by atoms with Crippen LogP contribution in [0.4, 0.5) is 5.95 Å². The van der Waals surface area contributed by atoms with Gasteiger partial charge in [0.1, 0.15) is 6.54 Å². The summed E-state index contributed by atoms with van der Waals surface area (Å²) in [5, 5.41) is 8.67. The normalized spacial score (nSPS) is 14.7. The first-order chi connectivity index (χ1) is 14.8. The first-order valence-electron chi connectivity index (χ1n) is 10.4. The summed E-state index contributed by atoms with van der Waals surface area (Å²) >= 11 is 0. The van der Waals surface area contributed by atoms with Gasteiger partial charge in [0.05, 0.1) is 11.1 Å². The molecule has 0 spiro atoms. The zero-order chi connectivity index (χ0) is 22.1. The summed E-state index contributed by atoms with van der Waals surface area (Å²) in [5.74, 6) is 0.334. The van der Waals surface area contributed by atoms with Crippen molar-refractivity contribution in [2.45, 2.75) is 46.2 Å². The SMILES string of the molecule is Cc1nc(N2CCC(NC(=O)Cn3nc(C)c4ccccc4c3=O)CC2)[nH]c(=O)c1C. The van der Waals surface area contributed by atoms with Gasteiger partial charge in [0, 0.05) is 35.8 Å². The van der Waals surface area contributed by atoms with Crippen molar-refractivity contribution in [3.05, 3.63) is 61.9 Å². The molecule has 3 aromatic rings. The summed E-state index contributed by atoms with van der Waals surface area (Å²) in [6, 6.07) is 7.28. The van der Waals surface area contributed by atoms with Gasteiger partial charge in [-0.3, -0.25) is 19.4 Å². The number of benzene rings is 1. The first-order valence-corrected chi connectivity index (χ1v) is 10.4. The lowest BCUT2D eigenvalue weighted by molar-refractivity contribution is -0.122. The number of carbonyl (C=O) groups excluding carboxylic acids is 1. The number of amides is 1. The maximum absolute atomic E-state index is 12.7. The molecule has 1 amide bonds. The van der Waals surface area contributed by atoms with E-state index in [1.54, 1.807) is 19.1 Å². The summed E-state index contributed by atoms with van der Waals surface area (Å²) in [6.07, 6.45) is 1.45. The molecule has 2 N–H and O–H groups in total. The fraction of sp³-hybridized carbons (Fsp3) is 0.409. The Kier molecular flexibility index (Phi) is 5.58. The van der Waals surface area contributed by atoms with Crippen LogP contribution in [0.3, 0.4) is 0 Å². The van der Waals surface area contributed by atoms with E-state index in [2.05, 4.69) is 20.4 Å². The highest BCUT2D eigenvalue weighted by Gasteiger charge is 2.23. The van der Waals surface area contributed by atoms with Crippen LogP contribution in [-0.2, 0) is 11.3 Å². The Morgan fingerprint density at radius 2 is 1.77 bits per heavy atom. The highest BCUT2D eigenvalue weighted by Crippen LogP contribution is 2.16. The van der Waals surface area contributed by atoms with E-state index < -0.39 is 0 Å². The first kappa shape index (κ1) is 20.8. The van der Waals surface area contributed by atoms with Crippen molar-refractivity contribution in [2.24, 2.45) is 0 Å². The maximum Gasteiger partial charge on any atom is 0.275 e. The molecule has 1 saturated heterocycles. The highest BCUT2D eigenvalue weighted by atomic mass is 16.2.